The minimum Gasteiger partial charge on any atom is -0.478 e. The summed E-state index contributed by atoms with van der Waals surface area (Å²) in [7, 11) is 0. The van der Waals surface area contributed by atoms with Crippen molar-refractivity contribution in [2.45, 2.75) is 65.5 Å². The molecule has 1 saturated heterocycles. The van der Waals surface area contributed by atoms with Crippen LogP contribution in [0.5, 0.6) is 0 Å². The van der Waals surface area contributed by atoms with E-state index in [0.29, 0.717) is 17.2 Å². The van der Waals surface area contributed by atoms with Gasteiger partial charge in [0.25, 0.3) is 0 Å². The van der Waals surface area contributed by atoms with Gasteiger partial charge in [0.2, 0.25) is 5.91 Å². The number of rotatable bonds is 10. The van der Waals surface area contributed by atoms with Crippen molar-refractivity contribution in [3.8, 4) is 0 Å². The molecule has 1 aromatic heterocycles. The third-order valence-electron chi connectivity index (χ3n) is 5.87. The monoisotopic (exact) mass is 416 g/mol. The highest BCUT2D eigenvalue weighted by Gasteiger charge is 2.39. The third-order valence-corrected chi connectivity index (χ3v) is 5.87. The number of likely N-dealkylation sites (tertiary alicyclic amines) is 1. The topological polar surface area (TPSA) is 109 Å². The number of amides is 1. The molecule has 30 heavy (non-hydrogen) atoms. The average molecular weight is 417 g/mol. The van der Waals surface area contributed by atoms with E-state index in [9.17, 15) is 14.7 Å². The molecule has 1 amide bonds. The smallest absolute Gasteiger partial charge is 0.336 e. The van der Waals surface area contributed by atoms with Crippen LogP contribution < -0.4 is 11.1 Å². The number of carboxylic acid groups (broad SMARTS) is 1. The van der Waals surface area contributed by atoms with E-state index in [1.807, 2.05) is 6.92 Å². The lowest BCUT2D eigenvalue weighted by Gasteiger charge is -2.31. The van der Waals surface area contributed by atoms with Crippen LogP contribution in [0.4, 0.5) is 0 Å². The Hall–Kier alpha value is -2.25. The van der Waals surface area contributed by atoms with Crippen molar-refractivity contribution in [2.75, 3.05) is 19.6 Å². The number of nitrogens with one attached hydrogen (secondary N) is 1. The number of hydrogen-bond acceptors (Lipinski definition) is 5. The van der Waals surface area contributed by atoms with Crippen LogP contribution in [0.3, 0.4) is 0 Å². The van der Waals surface area contributed by atoms with E-state index < -0.39 is 5.97 Å². The van der Waals surface area contributed by atoms with Crippen LogP contribution in [-0.2, 0) is 4.79 Å². The van der Waals surface area contributed by atoms with Gasteiger partial charge in [0.15, 0.2) is 0 Å². The Labute approximate surface area is 179 Å². The van der Waals surface area contributed by atoms with Gasteiger partial charge in [-0.05, 0) is 65.0 Å². The van der Waals surface area contributed by atoms with E-state index in [-0.39, 0.29) is 30.1 Å². The molecule has 3 unspecified atom stereocenters. The number of aromatic nitrogens is 1. The predicted octanol–water partition coefficient (Wildman–Crippen LogP) is 3.05. The van der Waals surface area contributed by atoms with Crippen LogP contribution in [0.2, 0.25) is 0 Å². The summed E-state index contributed by atoms with van der Waals surface area (Å²) in [5.74, 6) is -0.630. The zero-order valence-electron chi connectivity index (χ0n) is 18.6. The Bertz CT molecular complexity index is 774. The molecule has 1 aromatic rings. The predicted molar refractivity (Wildman–Crippen MR) is 118 cm³/mol. The van der Waals surface area contributed by atoms with E-state index in [1.165, 1.54) is 11.8 Å². The lowest BCUT2D eigenvalue weighted by Crippen LogP contribution is -2.43. The van der Waals surface area contributed by atoms with Gasteiger partial charge in [-0.3, -0.25) is 14.7 Å². The Morgan fingerprint density at radius 3 is 2.77 bits per heavy atom. The maximum atomic E-state index is 12.0. The minimum atomic E-state index is -0.971. The molecule has 7 heteroatoms. The van der Waals surface area contributed by atoms with Gasteiger partial charge >= 0.3 is 5.97 Å². The number of allylic oxidation sites excluding steroid dienone is 2. The summed E-state index contributed by atoms with van der Waals surface area (Å²) in [5, 5.41) is 12.8. The molecule has 0 saturated carbocycles. The van der Waals surface area contributed by atoms with E-state index in [4.69, 9.17) is 5.73 Å². The molecule has 7 nitrogen and oxygen atoms in total. The van der Waals surface area contributed by atoms with Gasteiger partial charge in [-0.25, -0.2) is 4.79 Å². The molecule has 1 aliphatic rings. The SMILES string of the molecule is CC(C)=CCCC(C)CCN1CCC(NC(=O)CN)C1c1c(C(=O)O)ccnc1C. The number of carbonyl (C=O) groups excluding carboxylic acids is 1. The molecule has 2 heterocycles. The molecule has 3 atom stereocenters. The van der Waals surface area contributed by atoms with Crippen LogP contribution in [0.1, 0.15) is 74.1 Å². The highest BCUT2D eigenvalue weighted by atomic mass is 16.4. The Balaban J connectivity index is 2.22. The van der Waals surface area contributed by atoms with Crippen molar-refractivity contribution in [3.63, 3.8) is 0 Å². The van der Waals surface area contributed by atoms with Crippen LogP contribution in [0.15, 0.2) is 23.9 Å². The van der Waals surface area contributed by atoms with Gasteiger partial charge < -0.3 is 16.2 Å². The first-order valence-corrected chi connectivity index (χ1v) is 10.8. The van der Waals surface area contributed by atoms with Crippen molar-refractivity contribution in [1.82, 2.24) is 15.2 Å². The maximum absolute atomic E-state index is 12.0. The number of carbonyl (C=O) groups is 2. The zero-order valence-corrected chi connectivity index (χ0v) is 18.6. The molecule has 0 aromatic carbocycles. The van der Waals surface area contributed by atoms with Crippen LogP contribution in [0.25, 0.3) is 0 Å². The first kappa shape index (κ1) is 24.0. The van der Waals surface area contributed by atoms with E-state index in [0.717, 1.165) is 38.8 Å². The molecule has 1 aliphatic heterocycles. The number of nitrogens with zero attached hydrogens (tertiary/aromatic N) is 2. The fourth-order valence-corrected chi connectivity index (χ4v) is 4.23. The zero-order chi connectivity index (χ0) is 22.3. The lowest BCUT2D eigenvalue weighted by molar-refractivity contribution is -0.120. The number of nitrogens with two attached hydrogens (primary N) is 1. The molecule has 1 fully saturated rings. The van der Waals surface area contributed by atoms with Gasteiger partial charge in [0.1, 0.15) is 0 Å². The number of carboxylic acids is 1. The second-order valence-electron chi connectivity index (χ2n) is 8.56. The van der Waals surface area contributed by atoms with Gasteiger partial charge in [0.05, 0.1) is 18.2 Å². The Kier molecular flexibility index (Phi) is 8.99. The molecule has 4 N–H and O–H groups in total. The first-order chi connectivity index (χ1) is 14.2. The fourth-order valence-electron chi connectivity index (χ4n) is 4.23. The number of aryl methyl sites for hydroxylation is 1. The summed E-state index contributed by atoms with van der Waals surface area (Å²) in [6.45, 7) is 9.90. The van der Waals surface area contributed by atoms with E-state index in [2.05, 4.69) is 42.0 Å². The van der Waals surface area contributed by atoms with Gasteiger partial charge in [-0.15, -0.1) is 0 Å². The second kappa shape index (κ2) is 11.2. The summed E-state index contributed by atoms with van der Waals surface area (Å²) < 4.78 is 0. The Morgan fingerprint density at radius 1 is 1.40 bits per heavy atom. The van der Waals surface area contributed by atoms with Crippen molar-refractivity contribution < 1.29 is 14.7 Å². The van der Waals surface area contributed by atoms with Crippen molar-refractivity contribution >= 4 is 11.9 Å². The third kappa shape index (κ3) is 6.37. The van der Waals surface area contributed by atoms with E-state index >= 15 is 0 Å². The standard InChI is InChI=1S/C23H36N4O3/c1-15(2)6-5-7-16(3)9-12-27-13-10-19(26-20(28)14-24)22(27)21-17(4)25-11-8-18(21)23(29)30/h6,8,11,16,19,22H,5,7,9-10,12-14,24H2,1-4H3,(H,26,28)(H,29,30). The van der Waals surface area contributed by atoms with Crippen molar-refractivity contribution in [1.29, 1.82) is 0 Å². The lowest BCUT2D eigenvalue weighted by atomic mass is 9.93. The molecule has 0 aliphatic carbocycles. The molecule has 2 rings (SSSR count). The normalized spacial score (nSPS) is 20.0. The second-order valence-corrected chi connectivity index (χ2v) is 8.56. The first-order valence-electron chi connectivity index (χ1n) is 10.8. The summed E-state index contributed by atoms with van der Waals surface area (Å²) >= 11 is 0. The van der Waals surface area contributed by atoms with Crippen LogP contribution >= 0.6 is 0 Å². The van der Waals surface area contributed by atoms with Crippen molar-refractivity contribution in [2.24, 2.45) is 11.7 Å². The summed E-state index contributed by atoms with van der Waals surface area (Å²) in [6.07, 6.45) is 7.78. The summed E-state index contributed by atoms with van der Waals surface area (Å²) in [6, 6.07) is 1.15. The molecule has 0 spiro atoms. The molecule has 166 valence electrons. The van der Waals surface area contributed by atoms with Crippen LogP contribution in [0, 0.1) is 12.8 Å². The van der Waals surface area contributed by atoms with Gasteiger partial charge in [0, 0.05) is 30.0 Å². The fraction of sp³-hybridized carbons (Fsp3) is 0.609. The largest absolute Gasteiger partial charge is 0.478 e. The Morgan fingerprint density at radius 2 is 2.13 bits per heavy atom. The van der Waals surface area contributed by atoms with Gasteiger partial charge in [-0.2, -0.15) is 0 Å². The number of aromatic carboxylic acids is 1. The highest BCUT2D eigenvalue weighted by Crippen LogP contribution is 2.36. The summed E-state index contributed by atoms with van der Waals surface area (Å²) in [4.78, 5) is 30.6. The van der Waals surface area contributed by atoms with Crippen molar-refractivity contribution in [3.05, 3.63) is 40.7 Å². The highest BCUT2D eigenvalue weighted by molar-refractivity contribution is 5.90. The average Bonchev–Trinajstić information content (AvgIpc) is 3.07. The molecular formula is C23H36N4O3. The number of hydrogen-bond donors (Lipinski definition) is 3. The number of pyridine rings is 1. The summed E-state index contributed by atoms with van der Waals surface area (Å²) in [5.41, 5.74) is 8.49. The van der Waals surface area contributed by atoms with Crippen LogP contribution in [-0.4, -0.2) is 52.5 Å². The minimum absolute atomic E-state index is 0.0809. The molecular weight excluding hydrogens is 380 g/mol. The maximum Gasteiger partial charge on any atom is 0.336 e. The molecule has 0 radical (unpaired) electrons. The quantitative estimate of drug-likeness (QED) is 0.506. The van der Waals surface area contributed by atoms with Gasteiger partial charge in [-0.1, -0.05) is 18.6 Å². The molecule has 0 bridgehead atoms. The van der Waals surface area contributed by atoms with E-state index in [1.54, 1.807) is 6.07 Å².